The van der Waals surface area contributed by atoms with Crippen LogP contribution in [0.15, 0.2) is 48.7 Å². The number of aromatic nitrogens is 2. The molecule has 0 bridgehead atoms. The van der Waals surface area contributed by atoms with Crippen LogP contribution in [0.25, 0.3) is 0 Å². The summed E-state index contributed by atoms with van der Waals surface area (Å²) in [4.78, 5) is 8.56. The summed E-state index contributed by atoms with van der Waals surface area (Å²) in [5.41, 5.74) is 3.55. The zero-order chi connectivity index (χ0) is 23.8. The van der Waals surface area contributed by atoms with Crippen LogP contribution >= 0.6 is 35.1 Å². The number of ether oxygens (including phenoxy) is 1. The van der Waals surface area contributed by atoms with E-state index in [1.807, 2.05) is 48.7 Å². The van der Waals surface area contributed by atoms with E-state index < -0.39 is 0 Å². The Balaban J connectivity index is 1.76. The topological polar surface area (TPSA) is 82.9 Å². The zero-order valence-electron chi connectivity index (χ0n) is 18.7. The minimum absolute atomic E-state index is 0.340. The van der Waals surface area contributed by atoms with Crippen LogP contribution < -0.4 is 14.8 Å². The third-order valence-corrected chi connectivity index (χ3v) is 6.07. The predicted molar refractivity (Wildman–Crippen MR) is 137 cm³/mol. The number of halogens is 2. The first kappa shape index (κ1) is 25.0. The lowest BCUT2D eigenvalue weighted by atomic mass is 9.77. The van der Waals surface area contributed by atoms with Gasteiger partial charge in [-0.05, 0) is 41.5 Å². The van der Waals surface area contributed by atoms with Crippen molar-refractivity contribution >= 4 is 46.8 Å². The third kappa shape index (κ3) is 6.23. The molecule has 0 aliphatic rings. The summed E-state index contributed by atoms with van der Waals surface area (Å²) in [7, 11) is 0. The molecular weight excluding hydrogens is 477 g/mol. The van der Waals surface area contributed by atoms with Crippen LogP contribution in [-0.2, 0) is 12.0 Å². The minimum Gasteiger partial charge on any atom is -0.487 e. The summed E-state index contributed by atoms with van der Waals surface area (Å²) in [5.74, 6) is 1.72. The van der Waals surface area contributed by atoms with E-state index >= 15 is 0 Å². The molecule has 0 spiro atoms. The number of nitrogens with one attached hydrogen (secondary N) is 2. The molecule has 0 radical (unpaired) electrons. The third-order valence-electron chi connectivity index (χ3n) is 5.20. The van der Waals surface area contributed by atoms with E-state index in [0.717, 1.165) is 22.6 Å². The molecule has 2 N–H and O–H groups in total. The van der Waals surface area contributed by atoms with E-state index in [9.17, 15) is 5.26 Å². The summed E-state index contributed by atoms with van der Waals surface area (Å²) >= 11 is 13.7. The summed E-state index contributed by atoms with van der Waals surface area (Å²) in [5, 5.41) is 13.3. The molecule has 0 aliphatic carbocycles. The molecule has 0 aliphatic heterocycles. The Morgan fingerprint density at radius 3 is 2.58 bits per heavy atom. The Hall–Kier alpha value is -2.66. The van der Waals surface area contributed by atoms with Gasteiger partial charge >= 0.3 is 0 Å². The molecule has 33 heavy (non-hydrogen) atoms. The van der Waals surface area contributed by atoms with E-state index in [1.54, 1.807) is 6.20 Å². The van der Waals surface area contributed by atoms with E-state index in [2.05, 4.69) is 39.9 Å². The van der Waals surface area contributed by atoms with Gasteiger partial charge in [0.2, 0.25) is 5.95 Å². The highest BCUT2D eigenvalue weighted by molar-refractivity contribution is 7.99. The Bertz CT molecular complexity index is 1130. The van der Waals surface area contributed by atoms with Crippen molar-refractivity contribution in [2.24, 2.45) is 0 Å². The second-order valence-corrected chi connectivity index (χ2v) is 9.12. The zero-order valence-corrected chi connectivity index (χ0v) is 21.0. The van der Waals surface area contributed by atoms with Crippen LogP contribution in [0.1, 0.15) is 36.2 Å². The molecule has 0 amide bonds. The van der Waals surface area contributed by atoms with Crippen LogP contribution in [0.4, 0.5) is 11.6 Å². The van der Waals surface area contributed by atoms with Crippen molar-refractivity contribution in [3.8, 4) is 11.8 Å². The lowest BCUT2D eigenvalue weighted by molar-refractivity contribution is 0.301. The van der Waals surface area contributed by atoms with Crippen molar-refractivity contribution in [3.63, 3.8) is 0 Å². The highest BCUT2D eigenvalue weighted by atomic mass is 35.5. The SMILES string of the molecule is CSNc1nccc(COc2ccc(C(C)(C)c3cc(Cl)c(NCCCl)c(C#N)c3)cc2)n1. The Morgan fingerprint density at radius 2 is 1.91 bits per heavy atom. The molecule has 6 nitrogen and oxygen atoms in total. The van der Waals surface area contributed by atoms with Gasteiger partial charge in [-0.2, -0.15) is 5.26 Å². The fourth-order valence-corrected chi connectivity index (χ4v) is 3.98. The molecular formula is C24H25Cl2N5OS. The second-order valence-electron chi connectivity index (χ2n) is 7.72. The minimum atomic E-state index is -0.371. The molecule has 0 unspecified atom stereocenters. The van der Waals surface area contributed by atoms with Gasteiger partial charge in [-0.3, -0.25) is 4.72 Å². The number of nitrogens with zero attached hydrogens (tertiary/aromatic N) is 3. The molecule has 0 fully saturated rings. The first-order valence-corrected chi connectivity index (χ1v) is 12.4. The highest BCUT2D eigenvalue weighted by Crippen LogP contribution is 2.37. The number of hydrogen-bond acceptors (Lipinski definition) is 7. The van der Waals surface area contributed by atoms with Gasteiger partial charge in [-0.15, -0.1) is 11.6 Å². The largest absolute Gasteiger partial charge is 0.487 e. The second kappa shape index (κ2) is 11.5. The Kier molecular flexibility index (Phi) is 8.67. The fourth-order valence-electron chi connectivity index (χ4n) is 3.32. The van der Waals surface area contributed by atoms with Crippen molar-refractivity contribution < 1.29 is 4.74 Å². The van der Waals surface area contributed by atoms with Gasteiger partial charge in [0.05, 0.1) is 22.0 Å². The van der Waals surface area contributed by atoms with Crippen LogP contribution in [0.5, 0.6) is 5.75 Å². The van der Waals surface area contributed by atoms with E-state index in [1.165, 1.54) is 11.9 Å². The molecule has 1 aromatic heterocycles. The number of alkyl halides is 1. The summed E-state index contributed by atoms with van der Waals surface area (Å²) in [6.45, 7) is 5.07. The number of benzene rings is 2. The maximum Gasteiger partial charge on any atom is 0.233 e. The van der Waals surface area contributed by atoms with Crippen molar-refractivity contribution in [3.05, 3.63) is 76.1 Å². The summed E-state index contributed by atoms with van der Waals surface area (Å²) in [6, 6.07) is 15.8. The molecule has 3 aromatic rings. The molecule has 3 rings (SSSR count). The highest BCUT2D eigenvalue weighted by Gasteiger charge is 2.25. The number of hydrogen-bond donors (Lipinski definition) is 2. The smallest absolute Gasteiger partial charge is 0.233 e. The maximum absolute atomic E-state index is 9.63. The van der Waals surface area contributed by atoms with Crippen molar-refractivity contribution in [2.75, 3.05) is 28.7 Å². The van der Waals surface area contributed by atoms with Crippen LogP contribution in [-0.4, -0.2) is 28.6 Å². The van der Waals surface area contributed by atoms with Crippen LogP contribution in [0, 0.1) is 11.3 Å². The first-order chi connectivity index (χ1) is 15.9. The van der Waals surface area contributed by atoms with Crippen LogP contribution in [0.3, 0.4) is 0 Å². The van der Waals surface area contributed by atoms with Gasteiger partial charge in [0.25, 0.3) is 0 Å². The molecule has 2 aromatic carbocycles. The Morgan fingerprint density at radius 1 is 1.15 bits per heavy atom. The lowest BCUT2D eigenvalue weighted by Gasteiger charge is -2.27. The van der Waals surface area contributed by atoms with Crippen molar-refractivity contribution in [1.82, 2.24) is 9.97 Å². The van der Waals surface area contributed by atoms with Gasteiger partial charge in [0, 0.05) is 30.3 Å². The standard InChI is InChI=1S/C24H25Cl2N5OS/c1-24(2,18-12-16(14-27)22(21(26)13-18)28-11-9-25)17-4-6-20(7-5-17)32-15-19-8-10-29-23(30-19)31-33-3/h4-8,10,12-13,28H,9,11,15H2,1-3H3,(H,29,30,31). The van der Waals surface area contributed by atoms with Gasteiger partial charge in [-0.1, -0.05) is 49.5 Å². The van der Waals surface area contributed by atoms with Crippen molar-refractivity contribution in [2.45, 2.75) is 25.9 Å². The monoisotopic (exact) mass is 501 g/mol. The number of nitriles is 1. The molecule has 1 heterocycles. The van der Waals surface area contributed by atoms with Gasteiger partial charge in [0.15, 0.2) is 0 Å². The number of rotatable bonds is 10. The maximum atomic E-state index is 9.63. The molecule has 0 atom stereocenters. The quantitative estimate of drug-likeness (QED) is 0.251. The fraction of sp³-hybridized carbons (Fsp3) is 0.292. The van der Waals surface area contributed by atoms with Gasteiger partial charge in [0.1, 0.15) is 18.4 Å². The van der Waals surface area contributed by atoms with E-state index in [-0.39, 0.29) is 5.41 Å². The average Bonchev–Trinajstić information content (AvgIpc) is 2.82. The normalized spacial score (nSPS) is 11.0. The van der Waals surface area contributed by atoms with E-state index in [0.29, 0.717) is 41.3 Å². The molecule has 0 saturated heterocycles. The number of anilines is 2. The van der Waals surface area contributed by atoms with Gasteiger partial charge < -0.3 is 10.1 Å². The molecule has 9 heteroatoms. The summed E-state index contributed by atoms with van der Waals surface area (Å²) < 4.78 is 8.91. The molecule has 0 saturated carbocycles. The summed E-state index contributed by atoms with van der Waals surface area (Å²) in [6.07, 6.45) is 3.62. The van der Waals surface area contributed by atoms with E-state index in [4.69, 9.17) is 27.9 Å². The van der Waals surface area contributed by atoms with Crippen LogP contribution in [0.2, 0.25) is 5.02 Å². The molecule has 172 valence electrons. The van der Waals surface area contributed by atoms with Gasteiger partial charge in [-0.25, -0.2) is 9.97 Å². The predicted octanol–water partition coefficient (Wildman–Crippen LogP) is 6.25. The lowest BCUT2D eigenvalue weighted by Crippen LogP contribution is -2.19. The first-order valence-electron chi connectivity index (χ1n) is 10.3. The van der Waals surface area contributed by atoms with Crippen molar-refractivity contribution in [1.29, 1.82) is 5.26 Å². The average molecular weight is 502 g/mol. The Labute approximate surface area is 208 Å².